The lowest BCUT2D eigenvalue weighted by molar-refractivity contribution is -0.147. The van der Waals surface area contributed by atoms with E-state index in [1.807, 2.05) is 38.1 Å². The Bertz CT molecular complexity index is 629. The summed E-state index contributed by atoms with van der Waals surface area (Å²) in [6, 6.07) is 7.68. The summed E-state index contributed by atoms with van der Waals surface area (Å²) in [6.45, 7) is 6.93. The number of ether oxygens (including phenoxy) is 3. The van der Waals surface area contributed by atoms with Crippen molar-refractivity contribution in [3.8, 4) is 11.5 Å². The minimum atomic E-state index is -1.31. The fourth-order valence-electron chi connectivity index (χ4n) is 2.92. The molecule has 4 N–H and O–H groups in total. The van der Waals surface area contributed by atoms with E-state index in [9.17, 15) is 14.7 Å². The molecule has 1 aliphatic rings. The van der Waals surface area contributed by atoms with Crippen LogP contribution in [0.5, 0.6) is 11.5 Å². The molecule has 9 heteroatoms. The fraction of sp³-hybridized carbons (Fsp3) is 0.636. The van der Waals surface area contributed by atoms with Gasteiger partial charge in [-0.05, 0) is 57.9 Å². The normalized spacial score (nSPS) is 15.6. The van der Waals surface area contributed by atoms with Crippen LogP contribution in [0.4, 0.5) is 0 Å². The van der Waals surface area contributed by atoms with Crippen molar-refractivity contribution in [3.05, 3.63) is 24.3 Å². The summed E-state index contributed by atoms with van der Waals surface area (Å²) >= 11 is 0. The molecule has 1 saturated carbocycles. The van der Waals surface area contributed by atoms with Crippen molar-refractivity contribution in [3.63, 3.8) is 0 Å². The molecule has 0 heterocycles. The summed E-state index contributed by atoms with van der Waals surface area (Å²) in [5, 5.41) is 28.4. The first-order valence-electron chi connectivity index (χ1n) is 10.6. The van der Waals surface area contributed by atoms with Gasteiger partial charge in [-0.3, -0.25) is 14.9 Å². The maximum Gasteiger partial charge on any atom is 0.314 e. The minimum absolute atomic E-state index is 0.229. The monoisotopic (exact) mass is 441 g/mol. The molecule has 2 rings (SSSR count). The number of benzene rings is 1. The Labute approximate surface area is 183 Å². The zero-order chi connectivity index (χ0) is 23.2. The Morgan fingerprint density at radius 2 is 1.55 bits per heavy atom. The van der Waals surface area contributed by atoms with Gasteiger partial charge >= 0.3 is 11.9 Å². The molecule has 0 amide bonds. The van der Waals surface area contributed by atoms with E-state index in [4.69, 9.17) is 24.4 Å². The maximum atomic E-state index is 9.78. The Hall–Kier alpha value is -2.36. The number of nitrogens with one attached hydrogen (secondary N) is 1. The lowest BCUT2D eigenvalue weighted by atomic mass is 10.3. The number of rotatable bonds is 12. The van der Waals surface area contributed by atoms with Crippen LogP contribution in [0.25, 0.3) is 0 Å². The molecule has 0 aliphatic heterocycles. The standard InChI is InChI=1S/C19H31NO4.C3H4O4/c1-14(2)20-19(15(3)21)24-18-10-8-17(9-11-18)23-13-12-22-16-6-4-5-7-16;4-2(5)1-3(6)7/h8-11,14-16,19-21H,4-7,12-13H2,1-3H3;1H2,(H,4,5)(H,6,7). The van der Waals surface area contributed by atoms with E-state index in [0.29, 0.717) is 25.1 Å². The summed E-state index contributed by atoms with van der Waals surface area (Å²) in [5.74, 6) is -1.13. The molecule has 1 fully saturated rings. The third-order valence-corrected chi connectivity index (χ3v) is 4.33. The van der Waals surface area contributed by atoms with E-state index in [-0.39, 0.29) is 6.04 Å². The van der Waals surface area contributed by atoms with Crippen LogP contribution in [0.2, 0.25) is 0 Å². The van der Waals surface area contributed by atoms with E-state index >= 15 is 0 Å². The second kappa shape index (κ2) is 14.6. The molecule has 0 saturated heterocycles. The molecule has 2 unspecified atom stereocenters. The predicted octanol–water partition coefficient (Wildman–Crippen LogP) is 2.65. The quantitative estimate of drug-likeness (QED) is 0.219. The summed E-state index contributed by atoms with van der Waals surface area (Å²) in [4.78, 5) is 18.9. The average Bonchev–Trinajstić information content (AvgIpc) is 3.18. The summed E-state index contributed by atoms with van der Waals surface area (Å²) < 4.78 is 17.3. The molecular weight excluding hydrogens is 406 g/mol. The Morgan fingerprint density at radius 3 is 2.00 bits per heavy atom. The number of aliphatic carboxylic acids is 2. The van der Waals surface area contributed by atoms with E-state index in [1.54, 1.807) is 6.92 Å². The lowest BCUT2D eigenvalue weighted by Crippen LogP contribution is -2.46. The van der Waals surface area contributed by atoms with Gasteiger partial charge in [-0.1, -0.05) is 12.8 Å². The predicted molar refractivity (Wildman–Crippen MR) is 114 cm³/mol. The zero-order valence-electron chi connectivity index (χ0n) is 18.5. The molecule has 176 valence electrons. The molecule has 0 radical (unpaired) electrons. The van der Waals surface area contributed by atoms with Crippen molar-refractivity contribution in [2.45, 2.75) is 77.4 Å². The number of carbonyl (C=O) groups is 2. The third kappa shape index (κ3) is 12.8. The summed E-state index contributed by atoms with van der Waals surface area (Å²) in [6.07, 6.45) is 3.52. The van der Waals surface area contributed by atoms with Crippen LogP contribution in [0.15, 0.2) is 24.3 Å². The van der Waals surface area contributed by atoms with Crippen LogP contribution < -0.4 is 14.8 Å². The third-order valence-electron chi connectivity index (χ3n) is 4.33. The van der Waals surface area contributed by atoms with Gasteiger partial charge in [0.1, 0.15) is 30.6 Å². The van der Waals surface area contributed by atoms with Gasteiger partial charge < -0.3 is 29.5 Å². The minimum Gasteiger partial charge on any atom is -0.491 e. The number of aliphatic hydroxyl groups is 1. The van der Waals surface area contributed by atoms with Crippen LogP contribution in [0, 0.1) is 0 Å². The molecule has 1 aliphatic carbocycles. The van der Waals surface area contributed by atoms with Crippen LogP contribution in [-0.2, 0) is 14.3 Å². The topological polar surface area (TPSA) is 135 Å². The van der Waals surface area contributed by atoms with Crippen LogP contribution in [-0.4, -0.2) is 64.9 Å². The van der Waals surface area contributed by atoms with Crippen LogP contribution in [0.3, 0.4) is 0 Å². The first-order valence-corrected chi connectivity index (χ1v) is 10.6. The number of hydrogen-bond acceptors (Lipinski definition) is 7. The molecular formula is C22H35NO8. The molecule has 1 aromatic carbocycles. The van der Waals surface area contributed by atoms with Crippen molar-refractivity contribution in [1.82, 2.24) is 5.32 Å². The van der Waals surface area contributed by atoms with Gasteiger partial charge in [0.25, 0.3) is 0 Å². The highest BCUT2D eigenvalue weighted by Gasteiger charge is 2.17. The van der Waals surface area contributed by atoms with Crippen LogP contribution >= 0.6 is 0 Å². The van der Waals surface area contributed by atoms with E-state index in [1.165, 1.54) is 25.7 Å². The Kier molecular flexibility index (Phi) is 12.6. The molecule has 0 bridgehead atoms. The van der Waals surface area contributed by atoms with E-state index in [0.717, 1.165) is 5.75 Å². The highest BCUT2D eigenvalue weighted by molar-refractivity contribution is 5.88. The molecule has 0 aromatic heterocycles. The fourth-order valence-corrected chi connectivity index (χ4v) is 2.92. The molecule has 31 heavy (non-hydrogen) atoms. The smallest absolute Gasteiger partial charge is 0.314 e. The molecule has 0 spiro atoms. The van der Waals surface area contributed by atoms with Gasteiger partial charge in [0.05, 0.1) is 12.7 Å². The van der Waals surface area contributed by atoms with Gasteiger partial charge in [-0.25, -0.2) is 0 Å². The van der Waals surface area contributed by atoms with Gasteiger partial charge in [0.15, 0.2) is 6.23 Å². The van der Waals surface area contributed by atoms with Crippen molar-refractivity contribution >= 4 is 11.9 Å². The van der Waals surface area contributed by atoms with Crippen LogP contribution in [0.1, 0.15) is 52.9 Å². The number of hydrogen-bond donors (Lipinski definition) is 4. The van der Waals surface area contributed by atoms with E-state index in [2.05, 4.69) is 5.32 Å². The van der Waals surface area contributed by atoms with Crippen molar-refractivity contribution in [2.24, 2.45) is 0 Å². The number of carboxylic acids is 2. The Balaban J connectivity index is 0.000000592. The molecule has 2 atom stereocenters. The van der Waals surface area contributed by atoms with Crippen molar-refractivity contribution in [2.75, 3.05) is 13.2 Å². The largest absolute Gasteiger partial charge is 0.491 e. The molecule has 1 aromatic rings. The SMILES string of the molecule is CC(C)NC(Oc1ccc(OCCOC2CCCC2)cc1)C(C)O.O=C(O)CC(=O)O. The van der Waals surface area contributed by atoms with Gasteiger partial charge in [0.2, 0.25) is 0 Å². The first-order chi connectivity index (χ1) is 14.7. The van der Waals surface area contributed by atoms with Crippen molar-refractivity contribution in [1.29, 1.82) is 0 Å². The average molecular weight is 442 g/mol. The summed E-state index contributed by atoms with van der Waals surface area (Å²) in [5.41, 5.74) is 0. The highest BCUT2D eigenvalue weighted by Crippen LogP contribution is 2.21. The zero-order valence-corrected chi connectivity index (χ0v) is 18.5. The van der Waals surface area contributed by atoms with E-state index < -0.39 is 30.7 Å². The highest BCUT2D eigenvalue weighted by atomic mass is 16.5. The van der Waals surface area contributed by atoms with Gasteiger partial charge in [-0.2, -0.15) is 0 Å². The number of carboxylic acid groups (broad SMARTS) is 2. The summed E-state index contributed by atoms with van der Waals surface area (Å²) in [7, 11) is 0. The number of aliphatic hydroxyl groups excluding tert-OH is 1. The maximum absolute atomic E-state index is 9.78. The second-order valence-corrected chi connectivity index (χ2v) is 7.66. The first kappa shape index (κ1) is 26.7. The van der Waals surface area contributed by atoms with Gasteiger partial charge in [0, 0.05) is 6.04 Å². The second-order valence-electron chi connectivity index (χ2n) is 7.66. The van der Waals surface area contributed by atoms with Gasteiger partial charge in [-0.15, -0.1) is 0 Å². The lowest BCUT2D eigenvalue weighted by Gasteiger charge is -2.25. The molecule has 9 nitrogen and oxygen atoms in total. The Morgan fingerprint density at radius 1 is 1.00 bits per heavy atom. The van der Waals surface area contributed by atoms with Crippen molar-refractivity contribution < 1.29 is 39.1 Å².